The van der Waals surface area contributed by atoms with Gasteiger partial charge in [0.05, 0.1) is 35.4 Å². The van der Waals surface area contributed by atoms with Crippen LogP contribution in [0.5, 0.6) is 0 Å². The van der Waals surface area contributed by atoms with Crippen LogP contribution in [0.4, 0.5) is 5.69 Å². The van der Waals surface area contributed by atoms with E-state index >= 15 is 0 Å². The van der Waals surface area contributed by atoms with Crippen LogP contribution < -0.4 is 11.1 Å². The van der Waals surface area contributed by atoms with E-state index in [1.807, 2.05) is 18.3 Å². The molecule has 10 nitrogen and oxygen atoms in total. The van der Waals surface area contributed by atoms with Crippen molar-refractivity contribution in [1.29, 1.82) is 0 Å². The number of nitrogens with one attached hydrogen (secondary N) is 1. The van der Waals surface area contributed by atoms with Gasteiger partial charge in [0.2, 0.25) is 5.91 Å². The molecule has 3 N–H and O–H groups in total. The van der Waals surface area contributed by atoms with Crippen LogP contribution in [0.3, 0.4) is 0 Å². The van der Waals surface area contributed by atoms with E-state index in [2.05, 4.69) is 20.4 Å². The number of likely N-dealkylation sites (tertiary alicyclic amines) is 1. The van der Waals surface area contributed by atoms with Gasteiger partial charge >= 0.3 is 11.8 Å². The van der Waals surface area contributed by atoms with Crippen molar-refractivity contribution >= 4 is 23.4 Å². The minimum Gasteiger partial charge on any atom is -0.366 e. The Bertz CT molecular complexity index is 1110. The van der Waals surface area contributed by atoms with Gasteiger partial charge in [-0.2, -0.15) is 5.10 Å². The molecule has 0 bridgehead atoms. The maximum Gasteiger partial charge on any atom is 0.313 e. The van der Waals surface area contributed by atoms with E-state index in [1.165, 1.54) is 18.5 Å². The SMILES string of the molecule is NC(=O)c1cncc(NC(=O)C(=O)N2CCCC[C@H]2c2cncc(-n3cccn3)c2)c1. The number of aromatic nitrogens is 4. The Balaban J connectivity index is 1.54. The van der Waals surface area contributed by atoms with Crippen molar-refractivity contribution in [2.75, 3.05) is 11.9 Å². The number of piperidine rings is 1. The van der Waals surface area contributed by atoms with Crippen molar-refractivity contribution in [1.82, 2.24) is 24.6 Å². The van der Waals surface area contributed by atoms with E-state index in [9.17, 15) is 14.4 Å². The molecule has 1 fully saturated rings. The molecule has 3 aromatic heterocycles. The van der Waals surface area contributed by atoms with Gasteiger partial charge in [0.25, 0.3) is 0 Å². The maximum atomic E-state index is 13.0. The number of amides is 3. The van der Waals surface area contributed by atoms with Crippen molar-refractivity contribution in [3.8, 4) is 5.69 Å². The van der Waals surface area contributed by atoms with Crippen LogP contribution >= 0.6 is 0 Å². The summed E-state index contributed by atoms with van der Waals surface area (Å²) in [5.74, 6) is -2.12. The normalized spacial score (nSPS) is 16.0. The lowest BCUT2D eigenvalue weighted by molar-refractivity contribution is -0.145. The summed E-state index contributed by atoms with van der Waals surface area (Å²) in [7, 11) is 0. The summed E-state index contributed by atoms with van der Waals surface area (Å²) in [5.41, 5.74) is 7.23. The van der Waals surface area contributed by atoms with Crippen molar-refractivity contribution in [2.45, 2.75) is 25.3 Å². The summed E-state index contributed by atoms with van der Waals surface area (Å²) >= 11 is 0. The summed E-state index contributed by atoms with van der Waals surface area (Å²) in [6.07, 6.45) is 12.0. The average Bonchev–Trinajstić information content (AvgIpc) is 3.34. The smallest absolute Gasteiger partial charge is 0.313 e. The Labute approximate surface area is 178 Å². The zero-order chi connectivity index (χ0) is 21.8. The molecular formula is C21H21N7O3. The molecule has 158 valence electrons. The van der Waals surface area contributed by atoms with Gasteiger partial charge in [0.1, 0.15) is 0 Å². The Morgan fingerprint density at radius 2 is 1.90 bits per heavy atom. The third-order valence-corrected chi connectivity index (χ3v) is 5.14. The molecule has 0 aromatic carbocycles. The molecule has 0 aliphatic carbocycles. The van der Waals surface area contributed by atoms with E-state index in [0.29, 0.717) is 6.54 Å². The zero-order valence-corrected chi connectivity index (χ0v) is 16.6. The van der Waals surface area contributed by atoms with E-state index in [1.54, 1.807) is 28.2 Å². The van der Waals surface area contributed by atoms with Gasteiger partial charge in [-0.3, -0.25) is 24.4 Å². The number of hydrogen-bond donors (Lipinski definition) is 2. The summed E-state index contributed by atoms with van der Waals surface area (Å²) in [5, 5.41) is 6.72. The number of carbonyl (C=O) groups excluding carboxylic acids is 3. The second kappa shape index (κ2) is 8.74. The number of anilines is 1. The monoisotopic (exact) mass is 419 g/mol. The van der Waals surface area contributed by atoms with Crippen LogP contribution in [-0.2, 0) is 9.59 Å². The molecule has 4 rings (SSSR count). The fourth-order valence-electron chi connectivity index (χ4n) is 3.65. The van der Waals surface area contributed by atoms with Crippen LogP contribution in [0.15, 0.2) is 55.4 Å². The predicted molar refractivity (Wildman–Crippen MR) is 111 cm³/mol. The summed E-state index contributed by atoms with van der Waals surface area (Å²) in [6, 6.07) is 4.85. The number of carbonyl (C=O) groups is 3. The Morgan fingerprint density at radius 1 is 1.06 bits per heavy atom. The van der Waals surface area contributed by atoms with Crippen molar-refractivity contribution in [2.24, 2.45) is 5.73 Å². The molecule has 4 heterocycles. The molecule has 1 aliphatic heterocycles. The molecule has 31 heavy (non-hydrogen) atoms. The summed E-state index contributed by atoms with van der Waals surface area (Å²) in [6.45, 7) is 0.461. The first kappa shape index (κ1) is 20.2. The number of pyridine rings is 2. The van der Waals surface area contributed by atoms with Crippen LogP contribution in [0.1, 0.15) is 41.2 Å². The number of nitrogens with two attached hydrogens (primary N) is 1. The van der Waals surface area contributed by atoms with Crippen LogP contribution in [0.25, 0.3) is 5.69 Å². The highest BCUT2D eigenvalue weighted by atomic mass is 16.2. The zero-order valence-electron chi connectivity index (χ0n) is 16.6. The van der Waals surface area contributed by atoms with Gasteiger partial charge in [-0.05, 0) is 43.0 Å². The van der Waals surface area contributed by atoms with Crippen molar-refractivity contribution in [3.63, 3.8) is 0 Å². The number of rotatable bonds is 4. The highest BCUT2D eigenvalue weighted by Crippen LogP contribution is 2.31. The molecule has 3 aromatic rings. The molecule has 10 heteroatoms. The number of primary amides is 1. The molecule has 1 saturated heterocycles. The lowest BCUT2D eigenvalue weighted by Gasteiger charge is -2.35. The second-order valence-electron chi connectivity index (χ2n) is 7.22. The second-order valence-corrected chi connectivity index (χ2v) is 7.22. The third-order valence-electron chi connectivity index (χ3n) is 5.14. The topological polar surface area (TPSA) is 136 Å². The molecule has 3 amide bonds. The van der Waals surface area contributed by atoms with Gasteiger partial charge in [-0.1, -0.05) is 0 Å². The van der Waals surface area contributed by atoms with E-state index in [0.717, 1.165) is 30.5 Å². The van der Waals surface area contributed by atoms with Gasteiger partial charge in [-0.25, -0.2) is 4.68 Å². The van der Waals surface area contributed by atoms with Gasteiger partial charge < -0.3 is 16.0 Å². The van der Waals surface area contributed by atoms with Gasteiger partial charge in [-0.15, -0.1) is 0 Å². The first-order valence-corrected chi connectivity index (χ1v) is 9.84. The summed E-state index contributed by atoms with van der Waals surface area (Å²) in [4.78, 5) is 46.7. The lowest BCUT2D eigenvalue weighted by atomic mass is 9.96. The Hall–Kier alpha value is -4.08. The predicted octanol–water partition coefficient (Wildman–Crippen LogP) is 1.45. The third kappa shape index (κ3) is 4.42. The fraction of sp³-hybridized carbons (Fsp3) is 0.238. The molecule has 1 atom stereocenters. The first-order chi connectivity index (χ1) is 15.0. The lowest BCUT2D eigenvalue weighted by Crippen LogP contribution is -2.44. The standard InChI is InChI=1S/C21H21N7O3/c22-19(29)15-8-16(12-23-11-15)26-20(30)21(31)27-6-2-1-4-18(27)14-9-17(13-24-10-14)28-7-3-5-25-28/h3,5,7-13,18H,1-2,4,6H2,(H2,22,29)(H,26,30)/t18-/m0/s1. The molecular weight excluding hydrogens is 398 g/mol. The number of nitrogens with zero attached hydrogens (tertiary/aromatic N) is 5. The molecule has 0 radical (unpaired) electrons. The molecule has 1 aliphatic rings. The van der Waals surface area contributed by atoms with Crippen molar-refractivity contribution in [3.05, 3.63) is 66.5 Å². The number of hydrogen-bond acceptors (Lipinski definition) is 6. The highest BCUT2D eigenvalue weighted by Gasteiger charge is 2.32. The van der Waals surface area contributed by atoms with E-state index in [4.69, 9.17) is 5.73 Å². The molecule has 0 saturated carbocycles. The van der Waals surface area contributed by atoms with E-state index in [-0.39, 0.29) is 17.3 Å². The fourth-order valence-corrected chi connectivity index (χ4v) is 3.65. The Morgan fingerprint density at radius 3 is 2.68 bits per heavy atom. The van der Waals surface area contributed by atoms with E-state index < -0.39 is 17.7 Å². The first-order valence-electron chi connectivity index (χ1n) is 9.84. The average molecular weight is 419 g/mol. The van der Waals surface area contributed by atoms with Crippen molar-refractivity contribution < 1.29 is 14.4 Å². The molecule has 0 spiro atoms. The maximum absolute atomic E-state index is 13.0. The minimum atomic E-state index is -0.800. The quantitative estimate of drug-likeness (QED) is 0.614. The highest BCUT2D eigenvalue weighted by molar-refractivity contribution is 6.39. The summed E-state index contributed by atoms with van der Waals surface area (Å²) < 4.78 is 1.69. The van der Waals surface area contributed by atoms with Gasteiger partial charge in [0, 0.05) is 31.3 Å². The molecule has 0 unspecified atom stereocenters. The Kier molecular flexibility index (Phi) is 5.69. The van der Waals surface area contributed by atoms with Crippen LogP contribution in [0.2, 0.25) is 0 Å². The van der Waals surface area contributed by atoms with Crippen LogP contribution in [0, 0.1) is 0 Å². The minimum absolute atomic E-state index is 0.141. The van der Waals surface area contributed by atoms with Crippen LogP contribution in [-0.4, -0.2) is 48.9 Å². The van der Waals surface area contributed by atoms with Gasteiger partial charge in [0.15, 0.2) is 0 Å². The largest absolute Gasteiger partial charge is 0.366 e.